The first kappa shape index (κ1) is 54.6. The Labute approximate surface area is 450 Å². The van der Waals surface area contributed by atoms with E-state index < -0.39 is 5.41 Å². The molecule has 1 spiro atoms. The smallest absolute Gasteiger partial charge is 0.0615 e. The molecule has 5 atom stereocenters. The second-order valence-corrected chi connectivity index (χ2v) is 19.8. The molecule has 1 heterocycles. The van der Waals surface area contributed by atoms with Gasteiger partial charge in [-0.2, -0.15) is 0 Å². The van der Waals surface area contributed by atoms with Gasteiger partial charge in [-0.15, -0.1) is 32.6 Å². The van der Waals surface area contributed by atoms with Crippen LogP contribution >= 0.6 is 0 Å². The number of allylic oxidation sites excluding steroid dienone is 19. The summed E-state index contributed by atoms with van der Waals surface area (Å²) in [5, 5.41) is 4.83. The molecule has 0 amide bonds. The average Bonchev–Trinajstić information content (AvgIpc) is 3.90. The highest BCUT2D eigenvalue weighted by Crippen LogP contribution is 2.67. The van der Waals surface area contributed by atoms with Crippen molar-refractivity contribution in [2.24, 2.45) is 29.1 Å². The van der Waals surface area contributed by atoms with E-state index in [4.69, 9.17) is 6.58 Å². The highest BCUT2D eigenvalue weighted by atomic mass is 15.2. The number of benzene rings is 6. The van der Waals surface area contributed by atoms with E-state index >= 15 is 0 Å². The predicted molar refractivity (Wildman–Crippen MR) is 331 cm³/mol. The average molecular weight is 981 g/mol. The molecule has 0 saturated heterocycles. The lowest BCUT2D eigenvalue weighted by Gasteiger charge is -2.41. The van der Waals surface area contributed by atoms with Gasteiger partial charge in [0.25, 0.3) is 0 Å². The molecule has 9 rings (SSSR count). The van der Waals surface area contributed by atoms with Gasteiger partial charge < -0.3 is 9.80 Å². The van der Waals surface area contributed by atoms with Crippen LogP contribution in [0.3, 0.4) is 0 Å². The summed E-state index contributed by atoms with van der Waals surface area (Å²) in [6.07, 6.45) is 36.1. The maximum absolute atomic E-state index is 4.91. The first-order chi connectivity index (χ1) is 36.5. The Hall–Kier alpha value is -8.12. The number of terminal acetylenes is 1. The molecular weight excluding hydrogens is 905 g/mol. The number of rotatable bonds is 13. The fraction of sp³-hybridized carbons (Fsp3) is 0.205. The number of anilines is 4. The van der Waals surface area contributed by atoms with E-state index in [1.54, 1.807) is 0 Å². The molecule has 1 fully saturated rings. The van der Waals surface area contributed by atoms with Crippen molar-refractivity contribution in [3.63, 3.8) is 0 Å². The van der Waals surface area contributed by atoms with Gasteiger partial charge in [-0.1, -0.05) is 189 Å². The lowest BCUT2D eigenvalue weighted by molar-refractivity contribution is 0.249. The van der Waals surface area contributed by atoms with Crippen LogP contribution in [-0.2, 0) is 6.42 Å². The number of nitrogens with zero attached hydrogens (tertiary/aromatic N) is 2. The van der Waals surface area contributed by atoms with Crippen LogP contribution in [0.25, 0.3) is 32.7 Å². The Morgan fingerprint density at radius 3 is 2.01 bits per heavy atom. The van der Waals surface area contributed by atoms with Crippen LogP contribution in [0.2, 0.25) is 0 Å². The van der Waals surface area contributed by atoms with Gasteiger partial charge in [-0.25, -0.2) is 0 Å². The summed E-state index contributed by atoms with van der Waals surface area (Å²) < 4.78 is 0. The second-order valence-electron chi connectivity index (χ2n) is 19.8. The van der Waals surface area contributed by atoms with Gasteiger partial charge in [0.05, 0.1) is 5.69 Å². The summed E-state index contributed by atoms with van der Waals surface area (Å²) in [5.41, 5.74) is 17.6. The third kappa shape index (κ3) is 10.0. The Morgan fingerprint density at radius 2 is 1.39 bits per heavy atom. The highest BCUT2D eigenvalue weighted by molar-refractivity contribution is 6.22. The quantitative estimate of drug-likeness (QED) is 0.0492. The number of hydrogen-bond donors (Lipinski definition) is 0. The molecular formula is C73H76N2. The Bertz CT molecular complexity index is 3370. The molecule has 1 saturated carbocycles. The fourth-order valence-electron chi connectivity index (χ4n) is 12.0. The van der Waals surface area contributed by atoms with Crippen LogP contribution in [0.1, 0.15) is 66.0 Å². The predicted octanol–water partition coefficient (Wildman–Crippen LogP) is 20.4. The minimum atomic E-state index is -0.475. The van der Waals surface area contributed by atoms with Crippen molar-refractivity contribution in [3.05, 3.63) is 278 Å². The van der Waals surface area contributed by atoms with Gasteiger partial charge in [0.2, 0.25) is 0 Å². The zero-order chi connectivity index (χ0) is 54.0. The van der Waals surface area contributed by atoms with Gasteiger partial charge >= 0.3 is 0 Å². The summed E-state index contributed by atoms with van der Waals surface area (Å²) in [7, 11) is 0. The highest BCUT2D eigenvalue weighted by Gasteiger charge is 2.60. The van der Waals surface area contributed by atoms with Gasteiger partial charge in [-0.05, 0) is 147 Å². The number of para-hydroxylation sites is 1. The standard InChI is InChI=1S/C67H66N2.C4H8.C2H2/c1-12-25-63-56(16-5)47(10)62(67(63)52(40-44(7)13-2)43-49(14-3)61(67)17-6)39-37-53(15-4)69(55-35-33-54(34-36-55)68-48(11)46(9)42-51-28-21-24-31-64(51)68)66-58-30-23-22-29-57(58)65(50-26-19-18-20-27-50)60-41-45(8)32-38-59(60)66;1-3-4-2;1-2/h12-14,16-41,43,49,56,61,63H,2-3,5-6,10,15,42H2,1,4,7-9,11H3;3-4H,1-2H3;1-2H/b25-12-,44-40-,53-37+,62-39+;4-3-;. The topological polar surface area (TPSA) is 6.48 Å². The minimum Gasteiger partial charge on any atom is -0.314 e. The molecule has 2 aliphatic carbocycles. The van der Waals surface area contributed by atoms with Crippen molar-refractivity contribution in [2.45, 2.75) is 68.2 Å². The van der Waals surface area contributed by atoms with E-state index in [9.17, 15) is 0 Å². The molecule has 6 aromatic carbocycles. The molecule has 5 unspecified atom stereocenters. The molecule has 3 aliphatic rings. The molecule has 0 aromatic heterocycles. The first-order valence-corrected chi connectivity index (χ1v) is 26.5. The maximum Gasteiger partial charge on any atom is 0.0615 e. The lowest BCUT2D eigenvalue weighted by Crippen LogP contribution is -2.36. The van der Waals surface area contributed by atoms with Crippen molar-refractivity contribution < 1.29 is 0 Å². The molecule has 2 nitrogen and oxygen atoms in total. The van der Waals surface area contributed by atoms with Crippen molar-refractivity contribution in [1.82, 2.24) is 0 Å². The Balaban J connectivity index is 0.00000131. The van der Waals surface area contributed by atoms with Crippen LogP contribution in [0, 0.1) is 48.9 Å². The summed E-state index contributed by atoms with van der Waals surface area (Å²) in [5.74, 6) is 0.209. The molecule has 6 aromatic rings. The van der Waals surface area contributed by atoms with Crippen molar-refractivity contribution >= 4 is 44.3 Å². The number of fused-ring (bicyclic) bond motifs is 3. The van der Waals surface area contributed by atoms with E-state index in [1.165, 1.54) is 71.9 Å². The Kier molecular flexibility index (Phi) is 17.7. The van der Waals surface area contributed by atoms with Crippen molar-refractivity contribution in [1.29, 1.82) is 0 Å². The van der Waals surface area contributed by atoms with Gasteiger partial charge in [0.1, 0.15) is 0 Å². The molecule has 1 aliphatic heterocycles. The molecule has 0 bridgehead atoms. The fourth-order valence-corrected chi connectivity index (χ4v) is 12.0. The van der Waals surface area contributed by atoms with E-state index in [0.717, 1.165) is 46.7 Å². The van der Waals surface area contributed by atoms with Crippen molar-refractivity contribution in [2.75, 3.05) is 9.80 Å². The van der Waals surface area contributed by atoms with Gasteiger partial charge in [-0.3, -0.25) is 0 Å². The largest absolute Gasteiger partial charge is 0.314 e. The minimum absolute atomic E-state index is 0.0177. The normalized spacial score (nSPS) is 21.0. The van der Waals surface area contributed by atoms with Crippen LogP contribution in [0.15, 0.2) is 266 Å². The number of hydrogen-bond acceptors (Lipinski definition) is 2. The summed E-state index contributed by atoms with van der Waals surface area (Å²) in [6.45, 7) is 39.6. The third-order valence-electron chi connectivity index (χ3n) is 15.7. The molecule has 2 heteroatoms. The van der Waals surface area contributed by atoms with Crippen LogP contribution < -0.4 is 9.80 Å². The SMILES string of the molecule is C#C.C/C=C\C.C=C/C(C)=C\C1=CC(C=C)C(C=C)C12/C(=C/C=C(\CC)N(c1ccc(N3C(C)=C(C)Cc4ccccc43)cc1)c1c3ccccc3c(-c3ccccc3)c3cc(C)ccc13)C(=C)C(C=C)C2/C=C\C. The lowest BCUT2D eigenvalue weighted by atomic mass is 9.61. The summed E-state index contributed by atoms with van der Waals surface area (Å²) in [6, 6.07) is 44.9. The van der Waals surface area contributed by atoms with E-state index in [0.29, 0.717) is 0 Å². The van der Waals surface area contributed by atoms with E-state index in [2.05, 4.69) is 267 Å². The Morgan fingerprint density at radius 1 is 0.733 bits per heavy atom. The van der Waals surface area contributed by atoms with Gasteiger partial charge in [0, 0.05) is 68.3 Å². The first-order valence-electron chi connectivity index (χ1n) is 26.5. The summed E-state index contributed by atoms with van der Waals surface area (Å²) >= 11 is 0. The van der Waals surface area contributed by atoms with Crippen LogP contribution in [0.4, 0.5) is 22.7 Å². The number of aryl methyl sites for hydroxylation is 1. The molecule has 0 N–H and O–H groups in total. The van der Waals surface area contributed by atoms with E-state index in [1.807, 2.05) is 32.1 Å². The van der Waals surface area contributed by atoms with E-state index in [-0.39, 0.29) is 23.7 Å². The zero-order valence-electron chi connectivity index (χ0n) is 45.8. The molecule has 75 heavy (non-hydrogen) atoms. The molecule has 378 valence electrons. The van der Waals surface area contributed by atoms with Crippen LogP contribution in [0.5, 0.6) is 0 Å². The zero-order valence-corrected chi connectivity index (χ0v) is 45.8. The summed E-state index contributed by atoms with van der Waals surface area (Å²) in [4.78, 5) is 4.97. The maximum atomic E-state index is 4.91. The monoisotopic (exact) mass is 981 g/mol. The van der Waals surface area contributed by atoms with Crippen LogP contribution in [-0.4, -0.2) is 0 Å². The van der Waals surface area contributed by atoms with Gasteiger partial charge in [0.15, 0.2) is 0 Å². The third-order valence-corrected chi connectivity index (χ3v) is 15.7. The molecule has 0 radical (unpaired) electrons. The second kappa shape index (κ2) is 24.3. The van der Waals surface area contributed by atoms with Crippen molar-refractivity contribution in [3.8, 4) is 24.0 Å².